The maximum Gasteiger partial charge on any atom is 0.322 e. The Labute approximate surface area is 136 Å². The Balaban J connectivity index is 1.77. The number of nitro groups is 1. The van der Waals surface area contributed by atoms with Crippen LogP contribution in [0.3, 0.4) is 0 Å². The van der Waals surface area contributed by atoms with E-state index in [9.17, 15) is 14.9 Å². The fourth-order valence-corrected chi connectivity index (χ4v) is 3.84. The molecule has 3 rings (SSSR count). The van der Waals surface area contributed by atoms with Crippen LogP contribution in [0.4, 0.5) is 5.69 Å². The minimum atomic E-state index is -0.597. The van der Waals surface area contributed by atoms with Gasteiger partial charge in [0.1, 0.15) is 10.7 Å². The zero-order chi connectivity index (χ0) is 16.6. The highest BCUT2D eigenvalue weighted by Crippen LogP contribution is 2.30. The Kier molecular flexibility index (Phi) is 4.12. The van der Waals surface area contributed by atoms with Crippen molar-refractivity contribution in [3.63, 3.8) is 0 Å². The number of aryl methyl sites for hydroxylation is 3. The Morgan fingerprint density at radius 1 is 1.43 bits per heavy atom. The van der Waals surface area contributed by atoms with Crippen LogP contribution in [0.25, 0.3) is 0 Å². The van der Waals surface area contributed by atoms with Crippen LogP contribution < -0.4 is 5.32 Å². The first kappa shape index (κ1) is 15.6. The number of amides is 1. The molecule has 1 aliphatic rings. The van der Waals surface area contributed by atoms with Gasteiger partial charge < -0.3 is 5.32 Å². The molecule has 0 aliphatic heterocycles. The second-order valence-corrected chi connectivity index (χ2v) is 6.74. The summed E-state index contributed by atoms with van der Waals surface area (Å²) in [6.07, 6.45) is 4.35. The Morgan fingerprint density at radius 2 is 2.17 bits per heavy atom. The van der Waals surface area contributed by atoms with E-state index in [2.05, 4.69) is 20.5 Å². The van der Waals surface area contributed by atoms with Gasteiger partial charge in [0.15, 0.2) is 0 Å². The molecule has 1 aliphatic carbocycles. The standard InChI is InChI=1S/C14H17N5O3S/c1-7-12(19(21)22)11(18-17-7)13(20)15-8(2)14-16-9-5-3-4-6-10(9)23-14/h8H,3-6H2,1-2H3,(H,15,20)(H,17,18)/t8-/m0/s1. The summed E-state index contributed by atoms with van der Waals surface area (Å²) in [6.45, 7) is 3.34. The largest absolute Gasteiger partial charge is 0.341 e. The van der Waals surface area contributed by atoms with Gasteiger partial charge in [-0.05, 0) is 39.5 Å². The van der Waals surface area contributed by atoms with Crippen molar-refractivity contribution in [2.24, 2.45) is 0 Å². The summed E-state index contributed by atoms with van der Waals surface area (Å²) >= 11 is 1.61. The molecule has 9 heteroatoms. The van der Waals surface area contributed by atoms with Crippen molar-refractivity contribution in [2.45, 2.75) is 45.6 Å². The molecule has 2 N–H and O–H groups in total. The van der Waals surface area contributed by atoms with Crippen molar-refractivity contribution in [3.8, 4) is 0 Å². The van der Waals surface area contributed by atoms with Gasteiger partial charge >= 0.3 is 5.69 Å². The number of H-pyrrole nitrogens is 1. The molecule has 0 spiro atoms. The number of carbonyl (C=O) groups is 1. The molecule has 0 saturated heterocycles. The summed E-state index contributed by atoms with van der Waals surface area (Å²) in [5.41, 5.74) is 0.908. The number of hydrogen-bond donors (Lipinski definition) is 2. The lowest BCUT2D eigenvalue weighted by atomic mass is 10.0. The number of nitrogens with one attached hydrogen (secondary N) is 2. The van der Waals surface area contributed by atoms with Gasteiger partial charge in [-0.3, -0.25) is 20.0 Å². The first-order valence-electron chi connectivity index (χ1n) is 7.46. The maximum atomic E-state index is 12.3. The van der Waals surface area contributed by atoms with E-state index < -0.39 is 10.8 Å². The second kappa shape index (κ2) is 6.07. The van der Waals surface area contributed by atoms with Gasteiger partial charge in [-0.2, -0.15) is 5.10 Å². The smallest absolute Gasteiger partial charge is 0.322 e. The van der Waals surface area contributed by atoms with Crippen molar-refractivity contribution in [1.29, 1.82) is 0 Å². The van der Waals surface area contributed by atoms with Gasteiger partial charge in [0.2, 0.25) is 5.69 Å². The highest BCUT2D eigenvalue weighted by molar-refractivity contribution is 7.11. The molecule has 23 heavy (non-hydrogen) atoms. The van der Waals surface area contributed by atoms with Crippen molar-refractivity contribution >= 4 is 22.9 Å². The maximum absolute atomic E-state index is 12.3. The number of thiazole rings is 1. The third kappa shape index (κ3) is 2.96. The third-order valence-corrected chi connectivity index (χ3v) is 5.23. The number of fused-ring (bicyclic) bond motifs is 1. The molecule has 1 amide bonds. The van der Waals surface area contributed by atoms with Gasteiger partial charge in [0.05, 0.1) is 16.7 Å². The topological polar surface area (TPSA) is 114 Å². The summed E-state index contributed by atoms with van der Waals surface area (Å²) in [5, 5.41) is 20.9. The van der Waals surface area contributed by atoms with Crippen LogP contribution in [0.15, 0.2) is 0 Å². The summed E-state index contributed by atoms with van der Waals surface area (Å²) in [7, 11) is 0. The van der Waals surface area contributed by atoms with Crippen LogP contribution >= 0.6 is 11.3 Å². The van der Waals surface area contributed by atoms with Gasteiger partial charge in [0.25, 0.3) is 5.91 Å². The van der Waals surface area contributed by atoms with Crippen LogP contribution in [0.1, 0.15) is 57.6 Å². The zero-order valence-corrected chi connectivity index (χ0v) is 13.7. The van der Waals surface area contributed by atoms with Crippen molar-refractivity contribution in [2.75, 3.05) is 0 Å². The average molecular weight is 335 g/mol. The Hall–Kier alpha value is -2.29. The van der Waals surface area contributed by atoms with Crippen LogP contribution in [0, 0.1) is 17.0 Å². The Bertz CT molecular complexity index is 743. The number of rotatable bonds is 4. The number of hydrogen-bond acceptors (Lipinski definition) is 6. The molecule has 0 fully saturated rings. The highest BCUT2D eigenvalue weighted by atomic mass is 32.1. The van der Waals surface area contributed by atoms with E-state index in [4.69, 9.17) is 0 Å². The van der Waals surface area contributed by atoms with Gasteiger partial charge in [-0.15, -0.1) is 11.3 Å². The highest BCUT2D eigenvalue weighted by Gasteiger charge is 2.28. The van der Waals surface area contributed by atoms with E-state index in [1.807, 2.05) is 6.92 Å². The van der Waals surface area contributed by atoms with Crippen LogP contribution in [0.5, 0.6) is 0 Å². The monoisotopic (exact) mass is 335 g/mol. The molecular formula is C14H17N5O3S. The number of carbonyl (C=O) groups excluding carboxylic acids is 1. The molecule has 0 saturated carbocycles. The first-order chi connectivity index (χ1) is 11.0. The minimum Gasteiger partial charge on any atom is -0.341 e. The quantitative estimate of drug-likeness (QED) is 0.658. The first-order valence-corrected chi connectivity index (χ1v) is 8.27. The lowest BCUT2D eigenvalue weighted by Gasteiger charge is -2.09. The van der Waals surface area contributed by atoms with Crippen LogP contribution in [0.2, 0.25) is 0 Å². The van der Waals surface area contributed by atoms with E-state index in [0.29, 0.717) is 0 Å². The summed E-state index contributed by atoms with van der Waals surface area (Å²) < 4.78 is 0. The minimum absolute atomic E-state index is 0.194. The predicted octanol–water partition coefficient (Wildman–Crippen LogP) is 2.45. The fourth-order valence-electron chi connectivity index (χ4n) is 2.69. The van der Waals surface area contributed by atoms with E-state index >= 15 is 0 Å². The van der Waals surface area contributed by atoms with Crippen LogP contribution in [-0.4, -0.2) is 26.0 Å². The summed E-state index contributed by atoms with van der Waals surface area (Å²) in [5.74, 6) is -0.568. The molecule has 0 radical (unpaired) electrons. The number of aromatic amines is 1. The zero-order valence-electron chi connectivity index (χ0n) is 12.9. The average Bonchev–Trinajstić information content (AvgIpc) is 3.10. The molecule has 2 aromatic heterocycles. The Morgan fingerprint density at radius 3 is 2.87 bits per heavy atom. The van der Waals surface area contributed by atoms with Gasteiger partial charge in [-0.25, -0.2) is 4.98 Å². The van der Waals surface area contributed by atoms with E-state index in [1.54, 1.807) is 11.3 Å². The second-order valence-electron chi connectivity index (χ2n) is 5.63. The number of nitrogens with zero attached hydrogens (tertiary/aromatic N) is 3. The molecule has 0 unspecified atom stereocenters. The molecular weight excluding hydrogens is 318 g/mol. The van der Waals surface area contributed by atoms with Gasteiger partial charge in [0, 0.05) is 4.88 Å². The molecule has 0 bridgehead atoms. The van der Waals surface area contributed by atoms with E-state index in [1.165, 1.54) is 18.2 Å². The molecule has 122 valence electrons. The summed E-state index contributed by atoms with van der Waals surface area (Å²) in [4.78, 5) is 28.6. The van der Waals surface area contributed by atoms with Crippen molar-refractivity contribution in [3.05, 3.63) is 37.1 Å². The lowest BCUT2D eigenvalue weighted by molar-refractivity contribution is -0.385. The lowest BCUT2D eigenvalue weighted by Crippen LogP contribution is -2.27. The van der Waals surface area contributed by atoms with Crippen molar-refractivity contribution in [1.82, 2.24) is 20.5 Å². The predicted molar refractivity (Wildman–Crippen MR) is 84.6 cm³/mol. The molecule has 2 aromatic rings. The molecule has 0 aromatic carbocycles. The van der Waals surface area contributed by atoms with Crippen LogP contribution in [-0.2, 0) is 12.8 Å². The normalized spacial score (nSPS) is 15.0. The molecule has 8 nitrogen and oxygen atoms in total. The van der Waals surface area contributed by atoms with E-state index in [-0.39, 0.29) is 23.1 Å². The van der Waals surface area contributed by atoms with Gasteiger partial charge in [-0.1, -0.05) is 0 Å². The SMILES string of the molecule is Cc1[nH]nc(C(=O)N[C@@H](C)c2nc3c(s2)CCCC3)c1[N+](=O)[O-]. The third-order valence-electron chi connectivity index (χ3n) is 3.89. The molecule has 2 heterocycles. The fraction of sp³-hybridized carbons (Fsp3) is 0.500. The molecule has 1 atom stereocenters. The number of aromatic nitrogens is 3. The van der Waals surface area contributed by atoms with E-state index in [0.717, 1.165) is 30.0 Å². The van der Waals surface area contributed by atoms with Crippen molar-refractivity contribution < 1.29 is 9.72 Å². The summed E-state index contributed by atoms with van der Waals surface area (Å²) in [6, 6.07) is -0.310.